The second kappa shape index (κ2) is 23.0. The number of ketones is 2. The van der Waals surface area contributed by atoms with E-state index in [0.717, 1.165) is 74.4 Å². The maximum atomic E-state index is 13.9. The smallest absolute Gasteiger partial charge is 0.192 e. The largest absolute Gasteiger partial charge is 0.497 e. The van der Waals surface area contributed by atoms with E-state index in [9.17, 15) is 9.59 Å². The number of allylic oxidation sites excluding steroid dienone is 7. The minimum atomic E-state index is -1.90. The van der Waals surface area contributed by atoms with Gasteiger partial charge in [0.05, 0.1) is 19.3 Å². The molecule has 0 radical (unpaired) electrons. The molecule has 0 N–H and O–H groups in total. The van der Waals surface area contributed by atoms with Gasteiger partial charge in [0.1, 0.15) is 12.4 Å². The maximum absolute atomic E-state index is 13.9. The first kappa shape index (κ1) is 43.5. The van der Waals surface area contributed by atoms with Crippen molar-refractivity contribution in [2.75, 3.05) is 13.7 Å². The average Bonchev–Trinajstić information content (AvgIpc) is 3.08. The number of ether oxygens (including phenoxy) is 2. The van der Waals surface area contributed by atoms with Gasteiger partial charge in [-0.15, -0.1) is 6.58 Å². The quantitative estimate of drug-likeness (QED) is 0.0400. The highest BCUT2D eigenvalue weighted by molar-refractivity contribution is 6.73. The fourth-order valence-corrected chi connectivity index (χ4v) is 9.44. The van der Waals surface area contributed by atoms with Gasteiger partial charge in [0.2, 0.25) is 0 Å². The van der Waals surface area contributed by atoms with Crippen LogP contribution in [-0.2, 0) is 25.4 Å². The summed E-state index contributed by atoms with van der Waals surface area (Å²) in [6.45, 7) is 21.5. The molecule has 0 spiro atoms. The zero-order chi connectivity index (χ0) is 36.1. The second-order valence-electron chi connectivity index (χ2n) is 14.0. The monoisotopic (exact) mass is 680 g/mol. The number of benzene rings is 1. The van der Waals surface area contributed by atoms with Crippen LogP contribution in [0.1, 0.15) is 119 Å². The first-order valence-corrected chi connectivity index (χ1v) is 20.9. The number of hydrogen-bond acceptors (Lipinski definition) is 5. The number of hydrogen-bond donors (Lipinski definition) is 0. The molecule has 1 aromatic rings. The summed E-state index contributed by atoms with van der Waals surface area (Å²) in [6.07, 6.45) is 19.6. The molecule has 0 heterocycles. The standard InChI is InChI=1S/C42H68O5Si/c1-11-16-18-19-22-35(6)29-31-42(9,40(44)34-46-33-37-25-27-39(45-10)28-26-37)36(7)23-21-24-38(43)32-41(8,30-20-17-12-2)47-48(13-3,14-4)15-5/h11-12,17,21-22,24-28,36H,1,13-16,18-20,23,29-34H2,2-10H3/b17-12-,24-21+,35-22+/t36-,41+,42+/m1/s1. The van der Waals surface area contributed by atoms with Crippen LogP contribution in [0.2, 0.25) is 18.1 Å². The van der Waals surface area contributed by atoms with Crippen LogP contribution < -0.4 is 4.74 Å². The molecule has 1 rings (SSSR count). The lowest BCUT2D eigenvalue weighted by Crippen LogP contribution is -2.46. The van der Waals surface area contributed by atoms with Gasteiger partial charge in [-0.25, -0.2) is 0 Å². The Kier molecular flexibility index (Phi) is 20.8. The van der Waals surface area contributed by atoms with E-state index in [-0.39, 0.29) is 24.1 Å². The van der Waals surface area contributed by atoms with Gasteiger partial charge in [-0.05, 0) is 120 Å². The van der Waals surface area contributed by atoms with Crippen LogP contribution in [-0.4, -0.2) is 39.2 Å². The van der Waals surface area contributed by atoms with Crippen molar-refractivity contribution in [3.05, 3.63) is 78.4 Å². The molecule has 0 aromatic heterocycles. The minimum absolute atomic E-state index is 0.0323. The van der Waals surface area contributed by atoms with E-state index in [4.69, 9.17) is 13.9 Å². The number of Topliss-reactive ketones (excluding diaryl/α,β-unsaturated/α-hetero) is 1. The molecule has 0 aliphatic rings. The van der Waals surface area contributed by atoms with E-state index in [0.29, 0.717) is 19.4 Å². The molecule has 0 fully saturated rings. The Morgan fingerprint density at radius 3 is 2.23 bits per heavy atom. The lowest BCUT2D eigenvalue weighted by Gasteiger charge is -2.40. The number of methoxy groups -OCH3 is 1. The Bertz CT molecular complexity index is 1170. The van der Waals surface area contributed by atoms with Crippen molar-refractivity contribution >= 4 is 19.9 Å². The molecule has 6 heteroatoms. The molecule has 0 unspecified atom stereocenters. The Balaban J connectivity index is 3.06. The van der Waals surface area contributed by atoms with E-state index in [1.54, 1.807) is 13.2 Å². The Hall–Kier alpha value is -2.54. The molecule has 3 atom stereocenters. The molecule has 0 aliphatic heterocycles. The van der Waals surface area contributed by atoms with Crippen molar-refractivity contribution in [1.29, 1.82) is 0 Å². The van der Waals surface area contributed by atoms with Gasteiger partial charge >= 0.3 is 0 Å². The van der Waals surface area contributed by atoms with Crippen LogP contribution in [0.4, 0.5) is 0 Å². The molecule has 5 nitrogen and oxygen atoms in total. The van der Waals surface area contributed by atoms with Crippen molar-refractivity contribution in [3.63, 3.8) is 0 Å². The first-order chi connectivity index (χ1) is 22.9. The third-order valence-electron chi connectivity index (χ3n) is 10.3. The van der Waals surface area contributed by atoms with Crippen molar-refractivity contribution < 1.29 is 23.5 Å². The fourth-order valence-electron chi connectivity index (χ4n) is 6.29. The number of carbonyl (C=O) groups excluding carboxylic acids is 2. The third kappa shape index (κ3) is 15.3. The van der Waals surface area contributed by atoms with Crippen molar-refractivity contribution in [2.45, 2.75) is 144 Å². The SMILES string of the molecule is C=CCCC/C=C(\C)CC[C@](C)(C(=O)COCc1ccc(OC)cc1)[C@H](C)C/C=C/C(=O)C[C@](C)(CC/C=C\C)O[Si](CC)(CC)CC. The summed E-state index contributed by atoms with van der Waals surface area (Å²) in [4.78, 5) is 27.3. The van der Waals surface area contributed by atoms with Crippen molar-refractivity contribution in [2.24, 2.45) is 11.3 Å². The summed E-state index contributed by atoms with van der Waals surface area (Å²) in [7, 11) is -0.256. The summed E-state index contributed by atoms with van der Waals surface area (Å²) in [5.41, 5.74) is 1.22. The minimum Gasteiger partial charge on any atom is -0.497 e. The second-order valence-corrected chi connectivity index (χ2v) is 18.7. The molecule has 270 valence electrons. The van der Waals surface area contributed by atoms with Crippen LogP contribution in [0.3, 0.4) is 0 Å². The van der Waals surface area contributed by atoms with Crippen LogP contribution in [0, 0.1) is 11.3 Å². The van der Waals surface area contributed by atoms with E-state index < -0.39 is 19.3 Å². The molecule has 0 saturated heterocycles. The van der Waals surface area contributed by atoms with Crippen LogP contribution >= 0.6 is 0 Å². The van der Waals surface area contributed by atoms with Crippen molar-refractivity contribution in [3.8, 4) is 5.75 Å². The van der Waals surface area contributed by atoms with Crippen molar-refractivity contribution in [1.82, 2.24) is 0 Å². The molecular formula is C42H68O5Si. The highest BCUT2D eigenvalue weighted by Gasteiger charge is 2.39. The van der Waals surface area contributed by atoms with Gasteiger partial charge in [0, 0.05) is 11.8 Å². The molecule has 0 amide bonds. The summed E-state index contributed by atoms with van der Waals surface area (Å²) < 4.78 is 18.2. The van der Waals surface area contributed by atoms with Gasteiger partial charge < -0.3 is 13.9 Å². The van der Waals surface area contributed by atoms with Crippen LogP contribution in [0.5, 0.6) is 5.75 Å². The predicted molar refractivity (Wildman–Crippen MR) is 206 cm³/mol. The number of rotatable bonds is 27. The highest BCUT2D eigenvalue weighted by atomic mass is 28.4. The molecule has 0 bridgehead atoms. The Morgan fingerprint density at radius 2 is 1.65 bits per heavy atom. The number of carbonyl (C=O) groups is 2. The van der Waals surface area contributed by atoms with Gasteiger partial charge in [-0.1, -0.05) is 82.7 Å². The van der Waals surface area contributed by atoms with E-state index >= 15 is 0 Å². The summed E-state index contributed by atoms with van der Waals surface area (Å²) in [5.74, 6) is 1.02. The lowest BCUT2D eigenvalue weighted by atomic mass is 9.69. The Labute approximate surface area is 295 Å². The summed E-state index contributed by atoms with van der Waals surface area (Å²) in [6, 6.07) is 10.9. The normalized spacial score (nSPS) is 15.7. The summed E-state index contributed by atoms with van der Waals surface area (Å²) >= 11 is 0. The van der Waals surface area contributed by atoms with Crippen LogP contribution in [0.25, 0.3) is 0 Å². The zero-order valence-corrected chi connectivity index (χ0v) is 33.0. The molecule has 1 aromatic carbocycles. The lowest BCUT2D eigenvalue weighted by molar-refractivity contribution is -0.136. The van der Waals surface area contributed by atoms with Gasteiger partial charge in [0.15, 0.2) is 19.9 Å². The van der Waals surface area contributed by atoms with Crippen LogP contribution in [0.15, 0.2) is 72.9 Å². The van der Waals surface area contributed by atoms with E-state index in [1.165, 1.54) is 5.57 Å². The summed E-state index contributed by atoms with van der Waals surface area (Å²) in [5, 5.41) is 0. The average molecular weight is 681 g/mol. The highest BCUT2D eigenvalue weighted by Crippen LogP contribution is 2.38. The van der Waals surface area contributed by atoms with Gasteiger partial charge in [0.25, 0.3) is 0 Å². The topological polar surface area (TPSA) is 61.8 Å². The van der Waals surface area contributed by atoms with Gasteiger partial charge in [-0.2, -0.15) is 0 Å². The fraction of sp³-hybridized carbons (Fsp3) is 0.619. The Morgan fingerprint density at radius 1 is 0.979 bits per heavy atom. The first-order valence-electron chi connectivity index (χ1n) is 18.4. The molecule has 0 aliphatic carbocycles. The predicted octanol–water partition coefficient (Wildman–Crippen LogP) is 11.5. The van der Waals surface area contributed by atoms with Gasteiger partial charge in [-0.3, -0.25) is 9.59 Å². The van der Waals surface area contributed by atoms with E-state index in [2.05, 4.69) is 73.3 Å². The van der Waals surface area contributed by atoms with E-state index in [1.807, 2.05) is 43.3 Å². The zero-order valence-electron chi connectivity index (χ0n) is 32.0. The molecule has 0 saturated carbocycles. The number of unbranched alkanes of at least 4 members (excludes halogenated alkanes) is 2. The third-order valence-corrected chi connectivity index (χ3v) is 15.1. The maximum Gasteiger partial charge on any atom is 0.192 e. The molecule has 48 heavy (non-hydrogen) atoms. The molecular weight excluding hydrogens is 613 g/mol.